The average molecular weight is 194 g/mol. The van der Waals surface area contributed by atoms with E-state index in [0.717, 1.165) is 6.26 Å². The molecule has 0 amide bonds. The van der Waals surface area contributed by atoms with Gasteiger partial charge in [-0.05, 0) is 6.42 Å². The predicted octanol–water partition coefficient (Wildman–Crippen LogP) is -1.13. The van der Waals surface area contributed by atoms with Crippen molar-refractivity contribution in [1.82, 2.24) is 0 Å². The van der Waals surface area contributed by atoms with Gasteiger partial charge in [0.25, 0.3) is 0 Å². The van der Waals surface area contributed by atoms with Gasteiger partial charge in [0.2, 0.25) is 0 Å². The molecule has 12 heavy (non-hydrogen) atoms. The molecule has 2 unspecified atom stereocenters. The molecule has 1 saturated carbocycles. The van der Waals surface area contributed by atoms with E-state index in [1.165, 1.54) is 0 Å². The summed E-state index contributed by atoms with van der Waals surface area (Å²) in [6.45, 7) is -0.611. The van der Waals surface area contributed by atoms with Crippen LogP contribution in [0.2, 0.25) is 0 Å². The average Bonchev–Trinajstić information content (AvgIpc) is 2.60. The maximum Gasteiger partial charge on any atom is 0.313 e. The highest BCUT2D eigenvalue weighted by Gasteiger charge is 2.65. The Kier molecular flexibility index (Phi) is 1.92. The zero-order valence-electron chi connectivity index (χ0n) is 6.52. The van der Waals surface area contributed by atoms with E-state index < -0.39 is 33.1 Å². The predicted molar refractivity (Wildman–Crippen MR) is 40.4 cm³/mol. The second-order valence-corrected chi connectivity index (χ2v) is 5.37. The Morgan fingerprint density at radius 2 is 2.17 bits per heavy atom. The van der Waals surface area contributed by atoms with E-state index in [0.29, 0.717) is 0 Å². The lowest BCUT2D eigenvalue weighted by Gasteiger charge is -2.05. The van der Waals surface area contributed by atoms with Crippen LogP contribution >= 0.6 is 0 Å². The van der Waals surface area contributed by atoms with E-state index in [1.54, 1.807) is 0 Å². The molecule has 0 bridgehead atoms. The largest absolute Gasteiger partial charge is 0.481 e. The van der Waals surface area contributed by atoms with Crippen LogP contribution < -0.4 is 0 Å². The molecule has 2 atom stereocenters. The zero-order chi connectivity index (χ0) is 9.57. The number of rotatable bonds is 3. The van der Waals surface area contributed by atoms with E-state index in [4.69, 9.17) is 10.2 Å². The van der Waals surface area contributed by atoms with E-state index >= 15 is 0 Å². The number of hydrogen-bond acceptors (Lipinski definition) is 4. The van der Waals surface area contributed by atoms with Crippen molar-refractivity contribution in [2.75, 3.05) is 12.9 Å². The third-order valence-electron chi connectivity index (χ3n) is 2.23. The lowest BCUT2D eigenvalue weighted by atomic mass is 10.1. The molecular formula is C6H10O5S. The van der Waals surface area contributed by atoms with Crippen LogP contribution in [0.15, 0.2) is 0 Å². The van der Waals surface area contributed by atoms with Crippen LogP contribution in [0.1, 0.15) is 6.42 Å². The second-order valence-electron chi connectivity index (χ2n) is 3.14. The molecule has 0 aromatic carbocycles. The summed E-state index contributed by atoms with van der Waals surface area (Å²) in [7, 11) is -3.34. The van der Waals surface area contributed by atoms with Crippen LogP contribution in [0.5, 0.6) is 0 Å². The van der Waals surface area contributed by atoms with Gasteiger partial charge >= 0.3 is 5.97 Å². The minimum Gasteiger partial charge on any atom is -0.481 e. The zero-order valence-corrected chi connectivity index (χ0v) is 7.34. The van der Waals surface area contributed by atoms with Crippen molar-refractivity contribution in [3.05, 3.63) is 0 Å². The Hall–Kier alpha value is -0.620. The fourth-order valence-corrected chi connectivity index (χ4v) is 2.89. The number of carboxylic acid groups (broad SMARTS) is 1. The van der Waals surface area contributed by atoms with Crippen molar-refractivity contribution in [3.63, 3.8) is 0 Å². The van der Waals surface area contributed by atoms with Crippen molar-refractivity contribution in [2.45, 2.75) is 11.7 Å². The highest BCUT2D eigenvalue weighted by molar-refractivity contribution is 7.91. The number of carbonyl (C=O) groups is 1. The van der Waals surface area contributed by atoms with E-state index in [-0.39, 0.29) is 6.42 Å². The summed E-state index contributed by atoms with van der Waals surface area (Å²) in [6.07, 6.45) is 1.01. The maximum absolute atomic E-state index is 10.9. The monoisotopic (exact) mass is 194 g/mol. The molecule has 0 radical (unpaired) electrons. The van der Waals surface area contributed by atoms with Gasteiger partial charge in [-0.3, -0.25) is 4.79 Å². The first-order valence-electron chi connectivity index (χ1n) is 3.38. The van der Waals surface area contributed by atoms with Crippen LogP contribution in [0.25, 0.3) is 0 Å². The van der Waals surface area contributed by atoms with Crippen molar-refractivity contribution in [1.29, 1.82) is 0 Å². The third kappa shape index (κ3) is 1.21. The summed E-state index contributed by atoms with van der Waals surface area (Å²) in [5, 5.41) is 16.4. The minimum absolute atomic E-state index is 0.0255. The number of carboxylic acids is 1. The summed E-state index contributed by atoms with van der Waals surface area (Å²) in [6, 6.07) is 0. The SMILES string of the molecule is CS(=O)(=O)C1CC1(CO)C(=O)O. The molecule has 1 fully saturated rings. The van der Waals surface area contributed by atoms with Crippen molar-refractivity contribution < 1.29 is 23.4 Å². The van der Waals surface area contributed by atoms with E-state index in [2.05, 4.69) is 0 Å². The van der Waals surface area contributed by atoms with Gasteiger partial charge in [0.05, 0.1) is 11.9 Å². The van der Waals surface area contributed by atoms with Gasteiger partial charge in [0.1, 0.15) is 5.41 Å². The molecule has 0 aromatic heterocycles. The van der Waals surface area contributed by atoms with Gasteiger partial charge in [-0.25, -0.2) is 8.42 Å². The van der Waals surface area contributed by atoms with Gasteiger partial charge in [0, 0.05) is 6.26 Å². The number of aliphatic carboxylic acids is 1. The van der Waals surface area contributed by atoms with Crippen LogP contribution in [0, 0.1) is 5.41 Å². The molecule has 0 aromatic rings. The lowest BCUT2D eigenvalue weighted by molar-refractivity contribution is -0.144. The normalized spacial score (nSPS) is 34.7. The first kappa shape index (κ1) is 9.47. The molecule has 1 aliphatic rings. The van der Waals surface area contributed by atoms with Gasteiger partial charge in [-0.15, -0.1) is 0 Å². The van der Waals surface area contributed by atoms with Crippen molar-refractivity contribution in [2.24, 2.45) is 5.41 Å². The van der Waals surface area contributed by atoms with Crippen LogP contribution in [0.4, 0.5) is 0 Å². The molecule has 0 saturated heterocycles. The topological polar surface area (TPSA) is 91.7 Å². The molecule has 70 valence electrons. The summed E-state index contributed by atoms with van der Waals surface area (Å²) < 4.78 is 21.8. The number of aliphatic hydroxyl groups excluding tert-OH is 1. The van der Waals surface area contributed by atoms with Gasteiger partial charge in [0.15, 0.2) is 9.84 Å². The molecule has 1 rings (SSSR count). The van der Waals surface area contributed by atoms with Crippen molar-refractivity contribution >= 4 is 15.8 Å². The molecule has 0 spiro atoms. The summed E-state index contributed by atoms with van der Waals surface area (Å²) in [5.74, 6) is -1.24. The van der Waals surface area contributed by atoms with Gasteiger partial charge in [-0.2, -0.15) is 0 Å². The van der Waals surface area contributed by atoms with E-state index in [1.807, 2.05) is 0 Å². The molecule has 2 N–H and O–H groups in total. The van der Waals surface area contributed by atoms with Crippen molar-refractivity contribution in [3.8, 4) is 0 Å². The fraction of sp³-hybridized carbons (Fsp3) is 0.833. The summed E-state index contributed by atoms with van der Waals surface area (Å²) in [4.78, 5) is 10.5. The Balaban J connectivity index is 2.89. The Labute approximate surface area is 69.9 Å². The van der Waals surface area contributed by atoms with Crippen LogP contribution in [0.3, 0.4) is 0 Å². The molecular weight excluding hydrogens is 184 g/mol. The third-order valence-corrected chi connectivity index (χ3v) is 3.88. The smallest absolute Gasteiger partial charge is 0.313 e. The van der Waals surface area contributed by atoms with Gasteiger partial charge in [-0.1, -0.05) is 0 Å². The summed E-state index contributed by atoms with van der Waals surface area (Å²) >= 11 is 0. The highest BCUT2D eigenvalue weighted by Crippen LogP contribution is 2.50. The highest BCUT2D eigenvalue weighted by atomic mass is 32.2. The lowest BCUT2D eigenvalue weighted by Crippen LogP contribution is -2.26. The first-order valence-corrected chi connectivity index (χ1v) is 5.33. The minimum atomic E-state index is -3.34. The standard InChI is InChI=1S/C6H10O5S/c1-12(10,11)4-2-6(4,3-7)5(8)9/h4,7H,2-3H2,1H3,(H,8,9). The number of aliphatic hydroxyl groups is 1. The van der Waals surface area contributed by atoms with Crippen LogP contribution in [-0.4, -0.2) is 42.7 Å². The molecule has 5 nitrogen and oxygen atoms in total. The van der Waals surface area contributed by atoms with E-state index in [9.17, 15) is 13.2 Å². The molecule has 0 heterocycles. The number of sulfone groups is 1. The maximum atomic E-state index is 10.9. The molecule has 0 aliphatic heterocycles. The number of hydrogen-bond donors (Lipinski definition) is 2. The van der Waals surface area contributed by atoms with Gasteiger partial charge < -0.3 is 10.2 Å². The fourth-order valence-electron chi connectivity index (χ4n) is 1.29. The van der Waals surface area contributed by atoms with Crippen LogP contribution in [-0.2, 0) is 14.6 Å². The summed E-state index contributed by atoms with van der Waals surface area (Å²) in [5.41, 5.74) is -1.42. The molecule has 6 heteroatoms. The Bertz CT molecular complexity index is 306. The second kappa shape index (κ2) is 2.43. The quantitative estimate of drug-likeness (QED) is 0.593. The molecule has 1 aliphatic carbocycles. The Morgan fingerprint density at radius 1 is 1.67 bits per heavy atom. The first-order chi connectivity index (χ1) is 5.34. The Morgan fingerprint density at radius 3 is 2.25 bits per heavy atom.